The lowest BCUT2D eigenvalue weighted by atomic mass is 10.00. The molecule has 3 aromatic rings. The van der Waals surface area contributed by atoms with Gasteiger partial charge in [0.05, 0.1) is 22.8 Å². The summed E-state index contributed by atoms with van der Waals surface area (Å²) in [6.45, 7) is 3.48. The smallest absolute Gasteiger partial charge is 0.137 e. The van der Waals surface area contributed by atoms with E-state index in [0.29, 0.717) is 17.1 Å². The van der Waals surface area contributed by atoms with E-state index in [9.17, 15) is 0 Å². The van der Waals surface area contributed by atoms with E-state index in [2.05, 4.69) is 49.8 Å². The summed E-state index contributed by atoms with van der Waals surface area (Å²) in [6.07, 6.45) is 3.53. The summed E-state index contributed by atoms with van der Waals surface area (Å²) < 4.78 is 0. The van der Waals surface area contributed by atoms with Crippen LogP contribution in [0.25, 0.3) is 0 Å². The molecule has 150 valence electrons. The molecular weight excluding hydrogens is 396 g/mol. The van der Waals surface area contributed by atoms with Gasteiger partial charge < -0.3 is 15.5 Å². The Bertz CT molecular complexity index is 1150. The molecule has 2 aliphatic heterocycles. The Hall–Kier alpha value is -3.14. The van der Waals surface area contributed by atoms with Gasteiger partial charge in [-0.1, -0.05) is 17.7 Å². The predicted octanol–water partition coefficient (Wildman–Crippen LogP) is 3.95. The lowest BCUT2D eigenvalue weighted by Crippen LogP contribution is -2.31. The zero-order chi connectivity index (χ0) is 20.5. The van der Waals surface area contributed by atoms with Gasteiger partial charge in [-0.05, 0) is 60.8 Å². The fourth-order valence-electron chi connectivity index (χ4n) is 4.17. The zero-order valence-electron chi connectivity index (χ0n) is 16.5. The second-order valence-corrected chi connectivity index (χ2v) is 8.04. The van der Waals surface area contributed by atoms with Gasteiger partial charge in [0.25, 0.3) is 0 Å². The molecule has 1 aromatic heterocycles. The molecule has 0 spiro atoms. The van der Waals surface area contributed by atoms with Crippen molar-refractivity contribution in [1.29, 1.82) is 5.26 Å². The van der Waals surface area contributed by atoms with Crippen molar-refractivity contribution in [2.75, 3.05) is 23.3 Å². The zero-order valence-corrected chi connectivity index (χ0v) is 17.2. The number of nitrogens with zero attached hydrogens (tertiary/aromatic N) is 4. The van der Waals surface area contributed by atoms with Gasteiger partial charge in [-0.15, -0.1) is 0 Å². The lowest BCUT2D eigenvalue weighted by Gasteiger charge is -2.31. The van der Waals surface area contributed by atoms with Crippen molar-refractivity contribution in [3.8, 4) is 6.07 Å². The van der Waals surface area contributed by atoms with Crippen LogP contribution in [0.1, 0.15) is 27.9 Å². The Labute approximate surface area is 180 Å². The second kappa shape index (κ2) is 7.94. The third-order valence-electron chi connectivity index (χ3n) is 5.80. The number of nitriles is 1. The highest BCUT2D eigenvalue weighted by Crippen LogP contribution is 2.31. The normalized spacial score (nSPS) is 15.1. The summed E-state index contributed by atoms with van der Waals surface area (Å²) in [5.41, 5.74) is 7.48. The Balaban J connectivity index is 1.38. The number of halogens is 1. The van der Waals surface area contributed by atoms with Crippen LogP contribution in [-0.4, -0.2) is 23.1 Å². The Morgan fingerprint density at radius 2 is 2.03 bits per heavy atom. The molecule has 0 bridgehead atoms. The molecule has 0 atom stereocenters. The van der Waals surface area contributed by atoms with E-state index in [1.807, 2.05) is 12.1 Å². The van der Waals surface area contributed by atoms with Crippen LogP contribution in [0.5, 0.6) is 0 Å². The largest absolute Gasteiger partial charge is 0.365 e. The molecule has 0 saturated carbocycles. The first kappa shape index (κ1) is 18.9. The molecule has 0 saturated heterocycles. The van der Waals surface area contributed by atoms with Crippen LogP contribution in [0.2, 0.25) is 5.02 Å². The molecule has 2 N–H and O–H groups in total. The maximum Gasteiger partial charge on any atom is 0.137 e. The number of anilines is 3. The summed E-state index contributed by atoms with van der Waals surface area (Å²) in [5, 5.41) is 16.5. The van der Waals surface area contributed by atoms with Gasteiger partial charge in [0.1, 0.15) is 18.2 Å². The molecular formula is C23H21ClN6. The van der Waals surface area contributed by atoms with Crippen LogP contribution in [0.4, 0.5) is 17.2 Å². The molecule has 7 heteroatoms. The standard InChI is InChI=1S/C23H21ClN6/c24-21-10-19(4-2-16(21)11-25)30-8-6-20-22(13-30)27-14-28-23(20)29-18-3-1-15-5-7-26-12-17(15)9-18/h1-4,9-10,14,26H,5-8,12-13H2,(H,27,28,29). The van der Waals surface area contributed by atoms with E-state index in [4.69, 9.17) is 16.9 Å². The minimum Gasteiger partial charge on any atom is -0.365 e. The highest BCUT2D eigenvalue weighted by Gasteiger charge is 2.22. The average molecular weight is 417 g/mol. The number of benzene rings is 2. The first-order valence-corrected chi connectivity index (χ1v) is 10.5. The van der Waals surface area contributed by atoms with Gasteiger partial charge in [0.15, 0.2) is 0 Å². The van der Waals surface area contributed by atoms with Crippen LogP contribution < -0.4 is 15.5 Å². The maximum absolute atomic E-state index is 9.09. The second-order valence-electron chi connectivity index (χ2n) is 7.63. The Kier molecular flexibility index (Phi) is 4.99. The highest BCUT2D eigenvalue weighted by atomic mass is 35.5. The Morgan fingerprint density at radius 1 is 1.10 bits per heavy atom. The van der Waals surface area contributed by atoms with Crippen LogP contribution in [0.3, 0.4) is 0 Å². The van der Waals surface area contributed by atoms with Crippen LogP contribution >= 0.6 is 11.6 Å². The van der Waals surface area contributed by atoms with Crippen molar-refractivity contribution >= 4 is 28.8 Å². The van der Waals surface area contributed by atoms with Crippen molar-refractivity contribution in [1.82, 2.24) is 15.3 Å². The third kappa shape index (κ3) is 3.58. The van der Waals surface area contributed by atoms with Gasteiger partial charge in [-0.25, -0.2) is 9.97 Å². The number of fused-ring (bicyclic) bond motifs is 2. The molecule has 0 unspecified atom stereocenters. The van der Waals surface area contributed by atoms with Crippen molar-refractivity contribution in [2.24, 2.45) is 0 Å². The molecule has 0 aliphatic carbocycles. The fourth-order valence-corrected chi connectivity index (χ4v) is 4.39. The molecule has 30 heavy (non-hydrogen) atoms. The molecule has 5 rings (SSSR count). The summed E-state index contributed by atoms with van der Waals surface area (Å²) in [7, 11) is 0. The topological polar surface area (TPSA) is 76.9 Å². The van der Waals surface area contributed by atoms with E-state index < -0.39 is 0 Å². The van der Waals surface area contributed by atoms with Crippen molar-refractivity contribution in [2.45, 2.75) is 25.9 Å². The fraction of sp³-hybridized carbons (Fsp3) is 0.261. The van der Waals surface area contributed by atoms with E-state index in [1.165, 1.54) is 11.1 Å². The summed E-state index contributed by atoms with van der Waals surface area (Å²) in [5.74, 6) is 0.876. The summed E-state index contributed by atoms with van der Waals surface area (Å²) in [4.78, 5) is 11.3. The summed E-state index contributed by atoms with van der Waals surface area (Å²) in [6, 6.07) is 14.2. The molecule has 2 aromatic carbocycles. The minimum atomic E-state index is 0.479. The highest BCUT2D eigenvalue weighted by molar-refractivity contribution is 6.32. The predicted molar refractivity (Wildman–Crippen MR) is 118 cm³/mol. The SMILES string of the molecule is N#Cc1ccc(N2CCc3c(ncnc3Nc3ccc4c(c3)CNCC4)C2)cc1Cl. The van der Waals surface area contributed by atoms with Crippen molar-refractivity contribution in [3.63, 3.8) is 0 Å². The van der Waals surface area contributed by atoms with E-state index in [1.54, 1.807) is 12.4 Å². The quantitative estimate of drug-likeness (QED) is 0.673. The van der Waals surface area contributed by atoms with E-state index in [-0.39, 0.29) is 0 Å². The number of hydrogen-bond donors (Lipinski definition) is 2. The van der Waals surface area contributed by atoms with Gasteiger partial charge in [-0.3, -0.25) is 0 Å². The van der Waals surface area contributed by atoms with Crippen molar-refractivity contribution in [3.05, 3.63) is 75.7 Å². The number of hydrogen-bond acceptors (Lipinski definition) is 6. The number of aromatic nitrogens is 2. The average Bonchev–Trinajstić information content (AvgIpc) is 2.79. The van der Waals surface area contributed by atoms with Crippen LogP contribution in [0.15, 0.2) is 42.7 Å². The minimum absolute atomic E-state index is 0.479. The van der Waals surface area contributed by atoms with Crippen LogP contribution in [-0.2, 0) is 25.9 Å². The van der Waals surface area contributed by atoms with Gasteiger partial charge in [0.2, 0.25) is 0 Å². The van der Waals surface area contributed by atoms with Crippen molar-refractivity contribution < 1.29 is 0 Å². The Morgan fingerprint density at radius 3 is 2.90 bits per heavy atom. The molecule has 3 heterocycles. The molecule has 6 nitrogen and oxygen atoms in total. The molecule has 0 radical (unpaired) electrons. The van der Waals surface area contributed by atoms with Gasteiger partial charge in [-0.2, -0.15) is 5.26 Å². The molecule has 0 amide bonds. The number of nitrogens with one attached hydrogen (secondary N) is 2. The molecule has 0 fully saturated rings. The molecule has 2 aliphatic rings. The van der Waals surface area contributed by atoms with Gasteiger partial charge >= 0.3 is 0 Å². The number of rotatable bonds is 3. The first-order chi connectivity index (χ1) is 14.7. The van der Waals surface area contributed by atoms with E-state index in [0.717, 1.165) is 60.9 Å². The summed E-state index contributed by atoms with van der Waals surface area (Å²) >= 11 is 6.23. The maximum atomic E-state index is 9.09. The van der Waals surface area contributed by atoms with E-state index >= 15 is 0 Å². The lowest BCUT2D eigenvalue weighted by molar-refractivity contribution is 0.644. The monoisotopic (exact) mass is 416 g/mol. The van der Waals surface area contributed by atoms with Gasteiger partial charge in [0, 0.05) is 30.0 Å². The van der Waals surface area contributed by atoms with Crippen LogP contribution in [0, 0.1) is 11.3 Å². The third-order valence-corrected chi connectivity index (χ3v) is 6.11. The first-order valence-electron chi connectivity index (χ1n) is 10.1.